The van der Waals surface area contributed by atoms with Gasteiger partial charge in [-0.1, -0.05) is 18.2 Å². The third kappa shape index (κ3) is 6.34. The van der Waals surface area contributed by atoms with Gasteiger partial charge in [0.15, 0.2) is 0 Å². The van der Waals surface area contributed by atoms with Gasteiger partial charge >= 0.3 is 5.97 Å². The van der Waals surface area contributed by atoms with E-state index in [9.17, 15) is 4.79 Å². The second kappa shape index (κ2) is 6.67. The number of allylic oxidation sites excluding steroid dienone is 2. The fraction of sp³-hybridized carbons (Fsp3) is 0.583. The van der Waals surface area contributed by atoms with Crippen LogP contribution < -0.4 is 0 Å². The van der Waals surface area contributed by atoms with Gasteiger partial charge in [0.05, 0.1) is 0 Å². The maximum absolute atomic E-state index is 11.1. The SMILES string of the molecule is C=C[C@](C)(CCC=C(C)C)OC(=O)CCl. The summed E-state index contributed by atoms with van der Waals surface area (Å²) in [6.45, 7) is 9.59. The van der Waals surface area contributed by atoms with Gasteiger partial charge in [0, 0.05) is 0 Å². The van der Waals surface area contributed by atoms with E-state index < -0.39 is 11.6 Å². The van der Waals surface area contributed by atoms with Gasteiger partial charge in [0.25, 0.3) is 0 Å². The Morgan fingerprint density at radius 1 is 1.53 bits per heavy atom. The van der Waals surface area contributed by atoms with Crippen LogP contribution in [0.2, 0.25) is 0 Å². The number of rotatable bonds is 6. The van der Waals surface area contributed by atoms with Crippen molar-refractivity contribution in [3.8, 4) is 0 Å². The molecule has 2 nitrogen and oxygen atoms in total. The smallest absolute Gasteiger partial charge is 0.321 e. The predicted molar refractivity (Wildman–Crippen MR) is 64.1 cm³/mol. The minimum Gasteiger partial charge on any atom is -0.454 e. The number of ether oxygens (including phenoxy) is 1. The molecule has 0 heterocycles. The van der Waals surface area contributed by atoms with Crippen molar-refractivity contribution in [1.29, 1.82) is 0 Å². The van der Waals surface area contributed by atoms with E-state index in [4.69, 9.17) is 16.3 Å². The highest BCUT2D eigenvalue weighted by Crippen LogP contribution is 2.20. The second-order valence-corrected chi connectivity index (χ2v) is 4.21. The minimum absolute atomic E-state index is 0.119. The van der Waals surface area contributed by atoms with Gasteiger partial charge in [-0.3, -0.25) is 4.79 Å². The van der Waals surface area contributed by atoms with Crippen LogP contribution in [0.15, 0.2) is 24.3 Å². The molecule has 15 heavy (non-hydrogen) atoms. The van der Waals surface area contributed by atoms with E-state index in [0.717, 1.165) is 12.8 Å². The number of halogens is 1. The third-order valence-electron chi connectivity index (χ3n) is 2.08. The van der Waals surface area contributed by atoms with Crippen LogP contribution in [0.4, 0.5) is 0 Å². The van der Waals surface area contributed by atoms with Gasteiger partial charge < -0.3 is 4.74 Å². The summed E-state index contributed by atoms with van der Waals surface area (Å²) in [5, 5.41) is 0. The van der Waals surface area contributed by atoms with E-state index in [0.29, 0.717) is 0 Å². The summed E-state index contributed by atoms with van der Waals surface area (Å²) in [5.41, 5.74) is 0.642. The van der Waals surface area contributed by atoms with Crippen LogP contribution in [0.3, 0.4) is 0 Å². The molecule has 0 saturated carbocycles. The Balaban J connectivity index is 4.25. The maximum Gasteiger partial charge on any atom is 0.321 e. The molecule has 0 amide bonds. The Kier molecular flexibility index (Phi) is 6.34. The quantitative estimate of drug-likeness (QED) is 0.397. The van der Waals surface area contributed by atoms with E-state index in [2.05, 4.69) is 12.7 Å². The second-order valence-electron chi connectivity index (χ2n) is 3.94. The molecule has 0 aromatic carbocycles. The van der Waals surface area contributed by atoms with Crippen molar-refractivity contribution in [1.82, 2.24) is 0 Å². The number of carbonyl (C=O) groups is 1. The fourth-order valence-electron chi connectivity index (χ4n) is 1.13. The number of hydrogen-bond acceptors (Lipinski definition) is 2. The van der Waals surface area contributed by atoms with Crippen molar-refractivity contribution in [3.63, 3.8) is 0 Å². The van der Waals surface area contributed by atoms with Crippen LogP contribution in [0, 0.1) is 0 Å². The van der Waals surface area contributed by atoms with Crippen LogP contribution in [0.1, 0.15) is 33.6 Å². The van der Waals surface area contributed by atoms with Crippen molar-refractivity contribution >= 4 is 17.6 Å². The Hall–Kier alpha value is -0.760. The monoisotopic (exact) mass is 230 g/mol. The number of esters is 1. The summed E-state index contributed by atoms with van der Waals surface area (Å²) in [6, 6.07) is 0. The van der Waals surface area contributed by atoms with E-state index in [1.807, 2.05) is 20.8 Å². The highest BCUT2D eigenvalue weighted by molar-refractivity contribution is 6.26. The van der Waals surface area contributed by atoms with Crippen LogP contribution in [0.25, 0.3) is 0 Å². The number of carbonyl (C=O) groups excluding carboxylic acids is 1. The van der Waals surface area contributed by atoms with Gasteiger partial charge in [-0.25, -0.2) is 0 Å². The molecule has 0 radical (unpaired) electrons. The summed E-state index contributed by atoms with van der Waals surface area (Å²) in [7, 11) is 0. The first-order valence-electron chi connectivity index (χ1n) is 4.98. The molecule has 0 aliphatic carbocycles. The lowest BCUT2D eigenvalue weighted by Gasteiger charge is -2.25. The molecule has 0 aliphatic heterocycles. The highest BCUT2D eigenvalue weighted by atomic mass is 35.5. The molecule has 0 fully saturated rings. The lowest BCUT2D eigenvalue weighted by molar-refractivity contribution is -0.150. The molecule has 0 spiro atoms. The first-order chi connectivity index (χ1) is 6.93. The van der Waals surface area contributed by atoms with Gasteiger partial charge in [-0.2, -0.15) is 0 Å². The summed E-state index contributed by atoms with van der Waals surface area (Å²) in [6.07, 6.45) is 5.34. The fourth-order valence-corrected chi connectivity index (χ4v) is 1.18. The highest BCUT2D eigenvalue weighted by Gasteiger charge is 2.23. The van der Waals surface area contributed by atoms with Gasteiger partial charge in [0.2, 0.25) is 0 Å². The molecule has 0 aromatic rings. The molecule has 86 valence electrons. The average molecular weight is 231 g/mol. The molecule has 0 aromatic heterocycles. The molecular formula is C12H19ClO2. The van der Waals surface area contributed by atoms with Crippen LogP contribution in [0.5, 0.6) is 0 Å². The van der Waals surface area contributed by atoms with E-state index in [1.165, 1.54) is 5.57 Å². The summed E-state index contributed by atoms with van der Waals surface area (Å²) in [5.74, 6) is -0.525. The van der Waals surface area contributed by atoms with Crippen molar-refractivity contribution in [2.24, 2.45) is 0 Å². The third-order valence-corrected chi connectivity index (χ3v) is 2.30. The number of alkyl halides is 1. The molecule has 3 heteroatoms. The van der Waals surface area contributed by atoms with Crippen LogP contribution in [-0.4, -0.2) is 17.5 Å². The summed E-state index contributed by atoms with van der Waals surface area (Å²) < 4.78 is 5.20. The Labute approximate surface area is 97.0 Å². The molecule has 1 atom stereocenters. The van der Waals surface area contributed by atoms with Gasteiger partial charge in [-0.05, 0) is 39.7 Å². The lowest BCUT2D eigenvalue weighted by Crippen LogP contribution is -2.29. The molecular weight excluding hydrogens is 212 g/mol. The van der Waals surface area contributed by atoms with E-state index in [-0.39, 0.29) is 5.88 Å². The molecule has 0 aliphatic rings. The van der Waals surface area contributed by atoms with Crippen LogP contribution in [-0.2, 0) is 9.53 Å². The largest absolute Gasteiger partial charge is 0.454 e. The van der Waals surface area contributed by atoms with Gasteiger partial charge in [0.1, 0.15) is 11.5 Å². The van der Waals surface area contributed by atoms with E-state index in [1.54, 1.807) is 6.08 Å². The standard InChI is InChI=1S/C12H19ClO2/c1-5-12(4,15-11(14)9-13)8-6-7-10(2)3/h5,7H,1,6,8-9H2,2-4H3/t12-/m1/s1. The Bertz CT molecular complexity index is 254. The zero-order chi connectivity index (χ0) is 11.9. The molecule has 0 saturated heterocycles. The normalized spacial score (nSPS) is 13.9. The first-order valence-corrected chi connectivity index (χ1v) is 5.52. The van der Waals surface area contributed by atoms with Crippen molar-refractivity contribution in [2.75, 3.05) is 5.88 Å². The van der Waals surface area contributed by atoms with Crippen LogP contribution >= 0.6 is 11.6 Å². The first kappa shape index (κ1) is 14.2. The maximum atomic E-state index is 11.1. The molecule has 0 N–H and O–H groups in total. The predicted octanol–water partition coefficient (Wildman–Crippen LogP) is 3.46. The van der Waals surface area contributed by atoms with Crippen molar-refractivity contribution < 1.29 is 9.53 Å². The topological polar surface area (TPSA) is 26.3 Å². The van der Waals surface area contributed by atoms with Crippen molar-refractivity contribution in [3.05, 3.63) is 24.3 Å². The van der Waals surface area contributed by atoms with Crippen molar-refractivity contribution in [2.45, 2.75) is 39.2 Å². The molecule has 0 bridgehead atoms. The zero-order valence-corrected chi connectivity index (χ0v) is 10.4. The van der Waals surface area contributed by atoms with Gasteiger partial charge in [-0.15, -0.1) is 11.6 Å². The molecule has 0 rings (SSSR count). The lowest BCUT2D eigenvalue weighted by atomic mass is 9.99. The summed E-state index contributed by atoms with van der Waals surface area (Å²) >= 11 is 5.38. The molecule has 0 unspecified atom stereocenters. The Morgan fingerprint density at radius 3 is 2.53 bits per heavy atom. The minimum atomic E-state index is -0.613. The summed E-state index contributed by atoms with van der Waals surface area (Å²) in [4.78, 5) is 11.1. The zero-order valence-electron chi connectivity index (χ0n) is 9.68. The number of hydrogen-bond donors (Lipinski definition) is 0. The van der Waals surface area contributed by atoms with E-state index >= 15 is 0 Å². The Morgan fingerprint density at radius 2 is 2.13 bits per heavy atom. The average Bonchev–Trinajstić information content (AvgIpc) is 2.17.